The number of amides is 1. The molecule has 152 valence electrons. The summed E-state index contributed by atoms with van der Waals surface area (Å²) in [4.78, 5) is 12.1. The quantitative estimate of drug-likeness (QED) is 0.538. The van der Waals surface area contributed by atoms with Crippen LogP contribution < -0.4 is 10.0 Å². The van der Waals surface area contributed by atoms with Crippen molar-refractivity contribution >= 4 is 15.9 Å². The molecule has 0 aliphatic rings. The third-order valence-corrected chi connectivity index (χ3v) is 5.24. The van der Waals surface area contributed by atoms with E-state index in [1.54, 1.807) is 0 Å². The van der Waals surface area contributed by atoms with Crippen molar-refractivity contribution in [1.29, 1.82) is 0 Å². The number of aliphatic hydroxyl groups excluding tert-OH is 1. The van der Waals surface area contributed by atoms with Crippen LogP contribution >= 0.6 is 0 Å². The number of hydrogen-bond acceptors (Lipinski definition) is 5. The molecule has 0 aliphatic carbocycles. The molecule has 0 heterocycles. The van der Waals surface area contributed by atoms with Gasteiger partial charge in [-0.1, -0.05) is 12.1 Å². The summed E-state index contributed by atoms with van der Waals surface area (Å²) in [5.74, 6) is -2.37. The van der Waals surface area contributed by atoms with Gasteiger partial charge in [-0.05, 0) is 24.3 Å². The van der Waals surface area contributed by atoms with E-state index < -0.39 is 33.7 Å². The standard InChI is InChI=1S/C18H20F2N2O5S/c1-27-8-7-22-28(25,26)14-4-2-3-12(9-14)18(24)21-11-17(23)15-6-5-13(19)10-16(15)20/h2-6,9-10,17,22-23H,7-8,11H2,1H3,(H,21,24). The van der Waals surface area contributed by atoms with Gasteiger partial charge in [0, 0.05) is 37.4 Å². The highest BCUT2D eigenvalue weighted by Gasteiger charge is 2.18. The predicted octanol–water partition coefficient (Wildman–Crippen LogP) is 1.35. The predicted molar refractivity (Wildman–Crippen MR) is 97.2 cm³/mol. The number of rotatable bonds is 9. The zero-order valence-corrected chi connectivity index (χ0v) is 15.8. The Labute approximate surface area is 161 Å². The molecule has 1 unspecified atom stereocenters. The lowest BCUT2D eigenvalue weighted by molar-refractivity contribution is 0.0913. The SMILES string of the molecule is COCCNS(=O)(=O)c1cccc(C(=O)NCC(O)c2ccc(F)cc2F)c1. The first-order valence-electron chi connectivity index (χ1n) is 8.24. The molecule has 1 amide bonds. The summed E-state index contributed by atoms with van der Waals surface area (Å²) in [5.41, 5.74) is -0.123. The van der Waals surface area contributed by atoms with Crippen LogP contribution in [0.15, 0.2) is 47.4 Å². The maximum absolute atomic E-state index is 13.7. The molecule has 0 spiro atoms. The molecule has 0 aromatic heterocycles. The van der Waals surface area contributed by atoms with Crippen LogP contribution in [0.2, 0.25) is 0 Å². The number of carbonyl (C=O) groups is 1. The van der Waals surface area contributed by atoms with E-state index in [1.165, 1.54) is 31.4 Å². The molecule has 1 atom stereocenters. The van der Waals surface area contributed by atoms with Gasteiger partial charge in [-0.2, -0.15) is 0 Å². The Hall–Kier alpha value is -2.40. The van der Waals surface area contributed by atoms with E-state index in [2.05, 4.69) is 10.0 Å². The number of hydrogen-bond donors (Lipinski definition) is 3. The Morgan fingerprint density at radius 1 is 1.21 bits per heavy atom. The second-order valence-electron chi connectivity index (χ2n) is 5.81. The summed E-state index contributed by atoms with van der Waals surface area (Å²) in [7, 11) is -2.38. The van der Waals surface area contributed by atoms with Crippen LogP contribution in [0.3, 0.4) is 0 Å². The minimum absolute atomic E-state index is 0.0430. The van der Waals surface area contributed by atoms with E-state index in [9.17, 15) is 27.1 Å². The molecule has 2 aromatic rings. The third kappa shape index (κ3) is 5.80. The van der Waals surface area contributed by atoms with Crippen molar-refractivity contribution in [2.75, 3.05) is 26.8 Å². The Kier molecular flexibility index (Phi) is 7.58. The summed E-state index contributed by atoms with van der Waals surface area (Å²) in [5, 5.41) is 12.4. The van der Waals surface area contributed by atoms with Crippen molar-refractivity contribution in [3.8, 4) is 0 Å². The molecule has 0 aliphatic heterocycles. The Bertz CT molecular complexity index is 937. The van der Waals surface area contributed by atoms with E-state index in [0.29, 0.717) is 6.07 Å². The number of sulfonamides is 1. The topological polar surface area (TPSA) is 105 Å². The monoisotopic (exact) mass is 414 g/mol. The molecule has 0 fully saturated rings. The molecular weight excluding hydrogens is 394 g/mol. The van der Waals surface area contributed by atoms with Crippen molar-refractivity contribution in [1.82, 2.24) is 10.0 Å². The van der Waals surface area contributed by atoms with Crippen LogP contribution in [0.25, 0.3) is 0 Å². The van der Waals surface area contributed by atoms with Crippen LogP contribution in [-0.2, 0) is 14.8 Å². The van der Waals surface area contributed by atoms with Crippen LogP contribution in [0.5, 0.6) is 0 Å². The lowest BCUT2D eigenvalue weighted by Crippen LogP contribution is -2.30. The number of halogens is 2. The number of aliphatic hydroxyl groups is 1. The minimum atomic E-state index is -3.82. The molecule has 0 saturated heterocycles. The summed E-state index contributed by atoms with van der Waals surface area (Å²) in [6, 6.07) is 8.01. The molecule has 10 heteroatoms. The highest BCUT2D eigenvalue weighted by Crippen LogP contribution is 2.18. The van der Waals surface area contributed by atoms with Crippen LogP contribution in [0.4, 0.5) is 8.78 Å². The number of nitrogens with one attached hydrogen (secondary N) is 2. The lowest BCUT2D eigenvalue weighted by Gasteiger charge is -2.13. The maximum Gasteiger partial charge on any atom is 0.251 e. The first-order valence-corrected chi connectivity index (χ1v) is 9.73. The second kappa shape index (κ2) is 9.69. The summed E-state index contributed by atoms with van der Waals surface area (Å²) < 4.78 is 58.1. The van der Waals surface area contributed by atoms with Gasteiger partial charge in [0.15, 0.2) is 0 Å². The zero-order valence-electron chi connectivity index (χ0n) is 15.0. The normalized spacial score (nSPS) is 12.6. The lowest BCUT2D eigenvalue weighted by atomic mass is 10.1. The maximum atomic E-state index is 13.7. The van der Waals surface area contributed by atoms with Crippen LogP contribution in [0.1, 0.15) is 22.0 Å². The molecule has 0 radical (unpaired) electrons. The first-order chi connectivity index (χ1) is 13.2. The average Bonchev–Trinajstić information content (AvgIpc) is 2.66. The van der Waals surface area contributed by atoms with E-state index in [1.807, 2.05) is 0 Å². The van der Waals surface area contributed by atoms with Gasteiger partial charge in [-0.3, -0.25) is 4.79 Å². The molecule has 0 bridgehead atoms. The van der Waals surface area contributed by atoms with Gasteiger partial charge >= 0.3 is 0 Å². The zero-order chi connectivity index (χ0) is 20.7. The van der Waals surface area contributed by atoms with Gasteiger partial charge in [0.2, 0.25) is 10.0 Å². The van der Waals surface area contributed by atoms with E-state index in [-0.39, 0.29) is 35.7 Å². The summed E-state index contributed by atoms with van der Waals surface area (Å²) in [6.45, 7) is -0.0770. The molecule has 2 aromatic carbocycles. The van der Waals surface area contributed by atoms with Gasteiger partial charge in [-0.15, -0.1) is 0 Å². The number of carbonyl (C=O) groups excluding carboxylic acids is 1. The van der Waals surface area contributed by atoms with Gasteiger partial charge in [0.05, 0.1) is 17.6 Å². The number of methoxy groups -OCH3 is 1. The smallest absolute Gasteiger partial charge is 0.251 e. The van der Waals surface area contributed by atoms with Crippen molar-refractivity contribution < 1.29 is 31.8 Å². The highest BCUT2D eigenvalue weighted by atomic mass is 32.2. The van der Waals surface area contributed by atoms with Crippen molar-refractivity contribution in [2.45, 2.75) is 11.0 Å². The number of benzene rings is 2. The van der Waals surface area contributed by atoms with Gasteiger partial charge in [-0.25, -0.2) is 21.9 Å². The van der Waals surface area contributed by atoms with E-state index in [0.717, 1.165) is 12.1 Å². The average molecular weight is 414 g/mol. The van der Waals surface area contributed by atoms with Gasteiger partial charge < -0.3 is 15.2 Å². The van der Waals surface area contributed by atoms with E-state index >= 15 is 0 Å². The van der Waals surface area contributed by atoms with Crippen molar-refractivity contribution in [2.24, 2.45) is 0 Å². The van der Waals surface area contributed by atoms with Crippen molar-refractivity contribution in [3.63, 3.8) is 0 Å². The molecule has 3 N–H and O–H groups in total. The highest BCUT2D eigenvalue weighted by molar-refractivity contribution is 7.89. The first kappa shape index (κ1) is 21.9. The fourth-order valence-electron chi connectivity index (χ4n) is 2.34. The Morgan fingerprint density at radius 3 is 2.64 bits per heavy atom. The fourth-order valence-corrected chi connectivity index (χ4v) is 3.40. The molecular formula is C18H20F2N2O5S. The van der Waals surface area contributed by atoms with Crippen LogP contribution in [0, 0.1) is 11.6 Å². The largest absolute Gasteiger partial charge is 0.386 e. The third-order valence-electron chi connectivity index (χ3n) is 3.78. The van der Waals surface area contributed by atoms with E-state index in [4.69, 9.17) is 4.74 Å². The fraction of sp³-hybridized carbons (Fsp3) is 0.278. The summed E-state index contributed by atoms with van der Waals surface area (Å²) in [6.07, 6.45) is -1.40. The molecule has 7 nitrogen and oxygen atoms in total. The Balaban J connectivity index is 2.04. The minimum Gasteiger partial charge on any atom is -0.386 e. The van der Waals surface area contributed by atoms with Crippen molar-refractivity contribution in [3.05, 3.63) is 65.2 Å². The summed E-state index contributed by atoms with van der Waals surface area (Å²) >= 11 is 0. The van der Waals surface area contributed by atoms with Crippen LogP contribution in [-0.4, -0.2) is 46.2 Å². The Morgan fingerprint density at radius 2 is 1.96 bits per heavy atom. The van der Waals surface area contributed by atoms with Gasteiger partial charge in [0.25, 0.3) is 5.91 Å². The molecule has 2 rings (SSSR count). The molecule has 0 saturated carbocycles. The molecule has 28 heavy (non-hydrogen) atoms. The number of ether oxygens (including phenoxy) is 1. The second-order valence-corrected chi connectivity index (χ2v) is 7.58. The van der Waals surface area contributed by atoms with Gasteiger partial charge in [0.1, 0.15) is 11.6 Å².